The summed E-state index contributed by atoms with van der Waals surface area (Å²) in [7, 11) is 1.54. The zero-order chi connectivity index (χ0) is 21.7. The molecule has 3 N–H and O–H groups in total. The van der Waals surface area contributed by atoms with E-state index in [1.54, 1.807) is 7.05 Å². The standard InChI is InChI=1S/C20H32BrN3O5/c1-9(2)6-11(8-25)24-16(18(27)23-10(3)4)20-7-12(21)15(29-20)13(17(26)22-5)14(20)19(24)28/h9-16,25H,6-8H2,1-5H3,(H,22,26)(H,23,27)/t11-,12?,13+,14+,15+,16?,20?/m1/s1. The van der Waals surface area contributed by atoms with E-state index < -0.39 is 35.6 Å². The molecule has 29 heavy (non-hydrogen) atoms. The topological polar surface area (TPSA) is 108 Å². The van der Waals surface area contributed by atoms with Gasteiger partial charge < -0.3 is 25.4 Å². The average molecular weight is 474 g/mol. The number of nitrogens with zero attached hydrogens (tertiary/aromatic N) is 1. The van der Waals surface area contributed by atoms with Crippen LogP contribution in [0.25, 0.3) is 0 Å². The lowest BCUT2D eigenvalue weighted by atomic mass is 9.70. The molecule has 8 nitrogen and oxygen atoms in total. The maximum Gasteiger partial charge on any atom is 0.246 e. The Kier molecular flexibility index (Phi) is 6.32. The van der Waals surface area contributed by atoms with Crippen LogP contribution in [0.5, 0.6) is 0 Å². The van der Waals surface area contributed by atoms with Crippen LogP contribution in [0.2, 0.25) is 0 Å². The highest BCUT2D eigenvalue weighted by Crippen LogP contribution is 2.60. The molecule has 0 aromatic heterocycles. The monoisotopic (exact) mass is 473 g/mol. The smallest absolute Gasteiger partial charge is 0.246 e. The van der Waals surface area contributed by atoms with E-state index in [9.17, 15) is 19.5 Å². The number of aliphatic hydroxyl groups is 1. The van der Waals surface area contributed by atoms with Gasteiger partial charge in [0.1, 0.15) is 11.6 Å². The van der Waals surface area contributed by atoms with Crippen molar-refractivity contribution in [1.29, 1.82) is 0 Å². The second kappa shape index (κ2) is 8.15. The Labute approximate surface area is 180 Å². The normalized spacial score (nSPS) is 36.7. The van der Waals surface area contributed by atoms with Gasteiger partial charge in [-0.3, -0.25) is 14.4 Å². The molecule has 3 heterocycles. The summed E-state index contributed by atoms with van der Waals surface area (Å²) in [6.07, 6.45) is 0.564. The number of ether oxygens (including phenoxy) is 1. The molecule has 3 aliphatic heterocycles. The SMILES string of the molecule is CNC(=O)[C@H]1[C@H]2C(=O)N([C@@H](CO)CC(C)C)C(C(=O)NC(C)C)C23CC(Br)[C@@H]1O3. The number of likely N-dealkylation sites (tertiary alicyclic amines) is 1. The average Bonchev–Trinajstić information content (AvgIpc) is 3.21. The summed E-state index contributed by atoms with van der Waals surface area (Å²) in [5, 5.41) is 15.7. The number of carbonyl (C=O) groups is 3. The van der Waals surface area contributed by atoms with Crippen LogP contribution in [0, 0.1) is 17.8 Å². The molecule has 3 fully saturated rings. The number of aliphatic hydroxyl groups excluding tert-OH is 1. The van der Waals surface area contributed by atoms with E-state index >= 15 is 0 Å². The molecule has 3 rings (SSSR count). The molecule has 0 aliphatic carbocycles. The summed E-state index contributed by atoms with van der Waals surface area (Å²) in [5.41, 5.74) is -1.07. The number of hydrogen-bond acceptors (Lipinski definition) is 5. The largest absolute Gasteiger partial charge is 0.394 e. The summed E-state index contributed by atoms with van der Waals surface area (Å²) in [4.78, 5) is 41.0. The molecule has 0 aromatic rings. The predicted molar refractivity (Wildman–Crippen MR) is 110 cm³/mol. The maximum atomic E-state index is 13.7. The van der Waals surface area contributed by atoms with Gasteiger partial charge in [0.05, 0.1) is 30.6 Å². The second-order valence-corrected chi connectivity index (χ2v) is 10.3. The molecular weight excluding hydrogens is 442 g/mol. The Balaban J connectivity index is 2.09. The third kappa shape index (κ3) is 3.49. The third-order valence-electron chi connectivity index (χ3n) is 6.30. The molecule has 9 heteroatoms. The van der Waals surface area contributed by atoms with Crippen molar-refractivity contribution in [2.24, 2.45) is 17.8 Å². The van der Waals surface area contributed by atoms with Crippen LogP contribution >= 0.6 is 15.9 Å². The lowest BCUT2D eigenvalue weighted by Gasteiger charge is -2.37. The highest BCUT2D eigenvalue weighted by Gasteiger charge is 2.76. The minimum atomic E-state index is -1.07. The fourth-order valence-corrected chi connectivity index (χ4v) is 6.35. The van der Waals surface area contributed by atoms with Crippen LogP contribution in [0.1, 0.15) is 40.5 Å². The van der Waals surface area contributed by atoms with E-state index in [4.69, 9.17) is 4.74 Å². The number of alkyl halides is 1. The minimum absolute atomic E-state index is 0.110. The maximum absolute atomic E-state index is 13.7. The quantitative estimate of drug-likeness (QED) is 0.464. The summed E-state index contributed by atoms with van der Waals surface area (Å²) in [6.45, 7) is 7.49. The van der Waals surface area contributed by atoms with E-state index in [-0.39, 0.29) is 41.1 Å². The van der Waals surface area contributed by atoms with Crippen LogP contribution in [0.15, 0.2) is 0 Å². The van der Waals surface area contributed by atoms with Crippen LogP contribution in [-0.4, -0.2) is 76.0 Å². The molecule has 1 spiro atoms. The molecule has 164 valence electrons. The van der Waals surface area contributed by atoms with Crippen molar-refractivity contribution in [3.63, 3.8) is 0 Å². The van der Waals surface area contributed by atoms with Gasteiger partial charge in [0.25, 0.3) is 0 Å². The van der Waals surface area contributed by atoms with Crippen molar-refractivity contribution in [3.8, 4) is 0 Å². The third-order valence-corrected chi connectivity index (χ3v) is 7.15. The predicted octanol–water partition coefficient (Wildman–Crippen LogP) is 0.412. The van der Waals surface area contributed by atoms with E-state index in [2.05, 4.69) is 26.6 Å². The summed E-state index contributed by atoms with van der Waals surface area (Å²) in [6, 6.07) is -1.49. The van der Waals surface area contributed by atoms with Crippen LogP contribution in [0.4, 0.5) is 0 Å². The molecule has 7 atom stereocenters. The van der Waals surface area contributed by atoms with Gasteiger partial charge in [-0.05, 0) is 32.6 Å². The van der Waals surface area contributed by atoms with Crippen LogP contribution in [-0.2, 0) is 19.1 Å². The minimum Gasteiger partial charge on any atom is -0.394 e. The van der Waals surface area contributed by atoms with Crippen LogP contribution in [0.3, 0.4) is 0 Å². The first-order valence-corrected chi connectivity index (χ1v) is 11.3. The Hall–Kier alpha value is -1.19. The van der Waals surface area contributed by atoms with Crippen LogP contribution < -0.4 is 10.6 Å². The number of fused-ring (bicyclic) bond motifs is 1. The highest BCUT2D eigenvalue weighted by molar-refractivity contribution is 9.09. The van der Waals surface area contributed by atoms with Crippen molar-refractivity contribution in [3.05, 3.63) is 0 Å². The van der Waals surface area contributed by atoms with E-state index in [1.165, 1.54) is 4.90 Å². The summed E-state index contributed by atoms with van der Waals surface area (Å²) >= 11 is 3.61. The molecule has 3 amide bonds. The first-order valence-electron chi connectivity index (χ1n) is 10.4. The van der Waals surface area contributed by atoms with Gasteiger partial charge in [0.2, 0.25) is 17.7 Å². The Bertz CT molecular complexity index is 687. The van der Waals surface area contributed by atoms with Crippen molar-refractivity contribution in [2.75, 3.05) is 13.7 Å². The number of amides is 3. The lowest BCUT2D eigenvalue weighted by molar-refractivity contribution is -0.146. The Morgan fingerprint density at radius 1 is 1.31 bits per heavy atom. The molecule has 2 bridgehead atoms. The van der Waals surface area contributed by atoms with Gasteiger partial charge in [-0.25, -0.2) is 0 Å². The van der Waals surface area contributed by atoms with E-state index in [1.807, 2.05) is 27.7 Å². The van der Waals surface area contributed by atoms with E-state index in [0.717, 1.165) is 0 Å². The molecular formula is C20H32BrN3O5. The highest BCUT2D eigenvalue weighted by atomic mass is 79.9. The van der Waals surface area contributed by atoms with Gasteiger partial charge in [-0.2, -0.15) is 0 Å². The molecule has 0 saturated carbocycles. The number of nitrogens with one attached hydrogen (secondary N) is 2. The molecule has 0 aromatic carbocycles. The summed E-state index contributed by atoms with van der Waals surface area (Å²) < 4.78 is 6.33. The first-order chi connectivity index (χ1) is 13.6. The number of rotatable bonds is 7. The van der Waals surface area contributed by atoms with Gasteiger partial charge in [0, 0.05) is 17.9 Å². The van der Waals surface area contributed by atoms with Crippen molar-refractivity contribution in [1.82, 2.24) is 15.5 Å². The Morgan fingerprint density at radius 3 is 2.48 bits per heavy atom. The molecule has 3 aliphatic rings. The van der Waals surface area contributed by atoms with Gasteiger partial charge in [0.15, 0.2) is 0 Å². The Morgan fingerprint density at radius 2 is 1.97 bits per heavy atom. The van der Waals surface area contributed by atoms with E-state index in [0.29, 0.717) is 12.8 Å². The molecule has 0 radical (unpaired) electrons. The fraction of sp³-hybridized carbons (Fsp3) is 0.850. The van der Waals surface area contributed by atoms with Crippen molar-refractivity contribution in [2.45, 2.75) is 75.2 Å². The van der Waals surface area contributed by atoms with Crippen molar-refractivity contribution < 1.29 is 24.2 Å². The second-order valence-electron chi connectivity index (χ2n) is 9.15. The van der Waals surface area contributed by atoms with Crippen molar-refractivity contribution >= 4 is 33.7 Å². The molecule has 3 unspecified atom stereocenters. The van der Waals surface area contributed by atoms with Gasteiger partial charge in [-0.15, -0.1) is 0 Å². The fourth-order valence-electron chi connectivity index (χ4n) is 5.41. The summed E-state index contributed by atoms with van der Waals surface area (Å²) in [5.74, 6) is -2.00. The molecule has 3 saturated heterocycles. The number of carbonyl (C=O) groups excluding carboxylic acids is 3. The van der Waals surface area contributed by atoms with Gasteiger partial charge in [-0.1, -0.05) is 29.8 Å². The number of halogens is 1. The number of hydrogen-bond donors (Lipinski definition) is 3. The van der Waals surface area contributed by atoms with Gasteiger partial charge >= 0.3 is 0 Å². The lowest BCUT2D eigenvalue weighted by Crippen LogP contribution is -2.59. The zero-order valence-corrected chi connectivity index (χ0v) is 19.2. The first kappa shape index (κ1) is 22.5. The zero-order valence-electron chi connectivity index (χ0n) is 17.6.